The summed E-state index contributed by atoms with van der Waals surface area (Å²) in [5, 5.41) is 10.2. The smallest absolute Gasteiger partial charge is 0.131 e. The SMILES string of the molecule is N#Cc1ccc2c(c1)C1(c3ccccc3Oc3ccc(C4=C5C=CC=CC5C(c5ccc(-c6ccccc6)cc5)C5C=CCCC45)cc31)C1CCCCC21. The van der Waals surface area contributed by atoms with Crippen molar-refractivity contribution in [2.24, 2.45) is 23.7 Å². The topological polar surface area (TPSA) is 33.0 Å². The predicted octanol–water partition coefficient (Wildman–Crippen LogP) is 12.8. The minimum Gasteiger partial charge on any atom is -0.457 e. The Morgan fingerprint density at radius 1 is 0.648 bits per heavy atom. The van der Waals surface area contributed by atoms with E-state index in [-0.39, 0.29) is 11.3 Å². The summed E-state index contributed by atoms with van der Waals surface area (Å²) in [5.41, 5.74) is 13.9. The third kappa shape index (κ3) is 4.57. The predicted molar refractivity (Wildman–Crippen MR) is 217 cm³/mol. The molecular formula is C52H43NO. The van der Waals surface area contributed by atoms with Crippen molar-refractivity contribution in [3.05, 3.63) is 196 Å². The maximum Gasteiger partial charge on any atom is 0.131 e. The van der Waals surface area contributed by atoms with Crippen molar-refractivity contribution >= 4 is 5.57 Å². The van der Waals surface area contributed by atoms with Crippen LogP contribution in [0.5, 0.6) is 11.5 Å². The van der Waals surface area contributed by atoms with Gasteiger partial charge in [0.15, 0.2) is 0 Å². The Morgan fingerprint density at radius 2 is 1.44 bits per heavy atom. The van der Waals surface area contributed by atoms with Gasteiger partial charge in [0.25, 0.3) is 0 Å². The molecule has 0 N–H and O–H groups in total. The molecular weight excluding hydrogens is 655 g/mol. The van der Waals surface area contributed by atoms with Gasteiger partial charge >= 0.3 is 0 Å². The third-order valence-electron chi connectivity index (χ3n) is 14.0. The number of allylic oxidation sites excluding steroid dienone is 8. The molecule has 1 heterocycles. The number of ether oxygens (including phenoxy) is 1. The molecule has 5 aromatic rings. The zero-order valence-corrected chi connectivity index (χ0v) is 30.5. The van der Waals surface area contributed by atoms with Crippen LogP contribution >= 0.6 is 0 Å². The molecule has 1 fully saturated rings. The van der Waals surface area contributed by atoms with Crippen molar-refractivity contribution in [3.8, 4) is 28.7 Å². The Bertz CT molecular complexity index is 2470. The first kappa shape index (κ1) is 31.8. The number of hydrogen-bond acceptors (Lipinski definition) is 2. The fraction of sp³-hybridized carbons (Fsp3) is 0.250. The molecule has 7 unspecified atom stereocenters. The molecule has 0 amide bonds. The average molecular weight is 698 g/mol. The Labute approximate surface area is 318 Å². The Balaban J connectivity index is 1.10. The van der Waals surface area contributed by atoms with Gasteiger partial charge in [0.2, 0.25) is 0 Å². The molecule has 0 bridgehead atoms. The highest BCUT2D eigenvalue weighted by Crippen LogP contribution is 2.67. The summed E-state index contributed by atoms with van der Waals surface area (Å²) in [6, 6.07) is 45.2. The number of rotatable bonds is 3. The second kappa shape index (κ2) is 12.5. The lowest BCUT2D eigenvalue weighted by Gasteiger charge is -2.47. The molecule has 2 nitrogen and oxygen atoms in total. The summed E-state index contributed by atoms with van der Waals surface area (Å²) in [6.45, 7) is 0. The van der Waals surface area contributed by atoms with Crippen LogP contribution in [0.15, 0.2) is 157 Å². The monoisotopic (exact) mass is 697 g/mol. The molecule has 54 heavy (non-hydrogen) atoms. The van der Waals surface area contributed by atoms with Gasteiger partial charge < -0.3 is 4.74 Å². The van der Waals surface area contributed by atoms with Crippen molar-refractivity contribution in [2.45, 2.75) is 55.8 Å². The van der Waals surface area contributed by atoms with Crippen LogP contribution in [0.2, 0.25) is 0 Å². The van der Waals surface area contributed by atoms with Gasteiger partial charge in [0.05, 0.1) is 17.0 Å². The first-order chi connectivity index (χ1) is 26.7. The summed E-state index contributed by atoms with van der Waals surface area (Å²) in [4.78, 5) is 0. The van der Waals surface area contributed by atoms with Crippen LogP contribution in [0.4, 0.5) is 0 Å². The average Bonchev–Trinajstić information content (AvgIpc) is 3.53. The highest BCUT2D eigenvalue weighted by atomic mass is 16.5. The molecule has 1 saturated carbocycles. The van der Waals surface area contributed by atoms with Crippen molar-refractivity contribution in [3.63, 3.8) is 0 Å². The molecule has 6 aliphatic rings. The second-order valence-electron chi connectivity index (χ2n) is 16.4. The fourth-order valence-corrected chi connectivity index (χ4v) is 11.9. The number of fused-ring (bicyclic) bond motifs is 11. The van der Waals surface area contributed by atoms with E-state index in [1.54, 1.807) is 0 Å². The lowest BCUT2D eigenvalue weighted by Crippen LogP contribution is -2.39. The van der Waals surface area contributed by atoms with E-state index in [2.05, 4.69) is 152 Å². The fourth-order valence-electron chi connectivity index (χ4n) is 11.9. The summed E-state index contributed by atoms with van der Waals surface area (Å²) >= 11 is 0. The van der Waals surface area contributed by atoms with Gasteiger partial charge in [-0.1, -0.05) is 134 Å². The van der Waals surface area contributed by atoms with Gasteiger partial charge in [-0.25, -0.2) is 0 Å². The summed E-state index contributed by atoms with van der Waals surface area (Å²) in [7, 11) is 0. The van der Waals surface area contributed by atoms with Crippen LogP contribution in [0.3, 0.4) is 0 Å². The molecule has 0 saturated heterocycles. The van der Waals surface area contributed by atoms with Crippen molar-refractivity contribution in [2.75, 3.05) is 0 Å². The Kier molecular flexibility index (Phi) is 7.35. The number of hydrogen-bond donors (Lipinski definition) is 0. The van der Waals surface area contributed by atoms with Gasteiger partial charge in [0, 0.05) is 23.0 Å². The summed E-state index contributed by atoms with van der Waals surface area (Å²) in [5.74, 6) is 4.26. The number of nitriles is 1. The molecule has 262 valence electrons. The molecule has 5 aliphatic carbocycles. The van der Waals surface area contributed by atoms with E-state index >= 15 is 0 Å². The van der Waals surface area contributed by atoms with E-state index in [4.69, 9.17) is 4.74 Å². The highest BCUT2D eigenvalue weighted by molar-refractivity contribution is 5.80. The first-order valence-corrected chi connectivity index (χ1v) is 20.1. The lowest BCUT2D eigenvalue weighted by atomic mass is 9.57. The minimum absolute atomic E-state index is 0.284. The van der Waals surface area contributed by atoms with Gasteiger partial charge in [-0.3, -0.25) is 0 Å². The van der Waals surface area contributed by atoms with E-state index in [9.17, 15) is 5.26 Å². The highest BCUT2D eigenvalue weighted by Gasteiger charge is 2.58. The largest absolute Gasteiger partial charge is 0.457 e. The van der Waals surface area contributed by atoms with E-state index in [1.807, 2.05) is 6.07 Å². The number of benzene rings is 5. The van der Waals surface area contributed by atoms with Crippen molar-refractivity contribution in [1.29, 1.82) is 5.26 Å². The van der Waals surface area contributed by atoms with Crippen molar-refractivity contribution < 1.29 is 4.74 Å². The maximum atomic E-state index is 10.2. The normalized spacial score (nSPS) is 28.2. The minimum atomic E-state index is -0.371. The first-order valence-electron chi connectivity index (χ1n) is 20.1. The van der Waals surface area contributed by atoms with Crippen LogP contribution in [0.25, 0.3) is 16.7 Å². The van der Waals surface area contributed by atoms with Gasteiger partial charge in [-0.2, -0.15) is 5.26 Å². The molecule has 0 radical (unpaired) electrons. The zero-order valence-electron chi connectivity index (χ0n) is 30.5. The lowest BCUT2D eigenvalue weighted by molar-refractivity contribution is 0.247. The standard InChI is InChI=1S/C52H43NO/c53-32-33-22-28-39-38-14-8-9-19-44(38)52(46(39)30-33)45-20-10-11-21-48(45)54-49-29-27-37(31-47(49)52)51-42-17-6-4-15-40(42)50(41-16-5-7-18-43(41)51)36-25-23-35(24-26-36)34-12-2-1-3-13-34/h1-6,10-13,15-17,20-31,38,40-41,43-44,50H,7-9,14,18-19H2. The summed E-state index contributed by atoms with van der Waals surface area (Å²) in [6.07, 6.45) is 21.5. The van der Waals surface area contributed by atoms with Gasteiger partial charge in [-0.05, 0) is 124 Å². The summed E-state index contributed by atoms with van der Waals surface area (Å²) < 4.78 is 6.87. The Hall–Kier alpha value is -5.65. The molecule has 11 rings (SSSR count). The number of nitrogens with zero attached hydrogens (tertiary/aromatic N) is 1. The molecule has 5 aromatic carbocycles. The molecule has 7 atom stereocenters. The van der Waals surface area contributed by atoms with Gasteiger partial charge in [0.1, 0.15) is 11.5 Å². The zero-order chi connectivity index (χ0) is 35.8. The van der Waals surface area contributed by atoms with E-state index in [0.717, 1.165) is 29.9 Å². The van der Waals surface area contributed by atoms with Crippen LogP contribution in [0.1, 0.15) is 89.3 Å². The van der Waals surface area contributed by atoms with Crippen LogP contribution in [-0.4, -0.2) is 0 Å². The number of para-hydroxylation sites is 1. The molecule has 1 aliphatic heterocycles. The van der Waals surface area contributed by atoms with Gasteiger partial charge in [-0.15, -0.1) is 0 Å². The molecule has 0 aromatic heterocycles. The second-order valence-corrected chi connectivity index (χ2v) is 16.4. The Morgan fingerprint density at radius 3 is 2.33 bits per heavy atom. The van der Waals surface area contributed by atoms with E-state index in [0.29, 0.717) is 29.6 Å². The molecule has 2 heteroatoms. The third-order valence-corrected chi connectivity index (χ3v) is 14.0. The van der Waals surface area contributed by atoms with Crippen LogP contribution < -0.4 is 4.74 Å². The van der Waals surface area contributed by atoms with E-state index < -0.39 is 0 Å². The quantitative estimate of drug-likeness (QED) is 0.176. The maximum absolute atomic E-state index is 10.2. The van der Waals surface area contributed by atoms with Crippen molar-refractivity contribution in [1.82, 2.24) is 0 Å². The van der Waals surface area contributed by atoms with E-state index in [1.165, 1.54) is 81.3 Å². The van der Waals surface area contributed by atoms with Crippen LogP contribution in [-0.2, 0) is 5.41 Å². The molecule has 1 spiro atoms. The van der Waals surface area contributed by atoms with Crippen LogP contribution in [0, 0.1) is 35.0 Å².